The van der Waals surface area contributed by atoms with Crippen LogP contribution in [0.3, 0.4) is 0 Å². The highest BCUT2D eigenvalue weighted by atomic mass is 19.1. The molecule has 2 N–H and O–H groups in total. The van der Waals surface area contributed by atoms with E-state index in [0.29, 0.717) is 6.07 Å². The van der Waals surface area contributed by atoms with Gasteiger partial charge in [-0.2, -0.15) is 0 Å². The summed E-state index contributed by atoms with van der Waals surface area (Å²) in [6.07, 6.45) is -1.43. The molecule has 0 amide bonds. The number of hydrogen-bond acceptors (Lipinski definition) is 3. The first-order valence-electron chi connectivity index (χ1n) is 4.94. The van der Waals surface area contributed by atoms with Crippen molar-refractivity contribution in [2.75, 3.05) is 0 Å². The molecule has 0 bridgehead atoms. The van der Waals surface area contributed by atoms with Crippen molar-refractivity contribution < 1.29 is 28.2 Å². The standard InChI is InChI=1S/C12H8F2O4/c13-7-3-6(4-8(14)5-7)11(15)9-1-2-10(18-9)12(16)17/h1-5,11,15H,(H,16,17). The fourth-order valence-electron chi connectivity index (χ4n) is 1.51. The average molecular weight is 254 g/mol. The molecule has 0 aliphatic carbocycles. The molecule has 4 nitrogen and oxygen atoms in total. The molecule has 0 aliphatic heterocycles. The maximum absolute atomic E-state index is 13.0. The van der Waals surface area contributed by atoms with Gasteiger partial charge in [0.2, 0.25) is 5.76 Å². The number of aliphatic hydroxyl groups excluding tert-OH is 1. The molecule has 1 unspecified atom stereocenters. The van der Waals surface area contributed by atoms with Gasteiger partial charge in [0, 0.05) is 6.07 Å². The Kier molecular flexibility index (Phi) is 3.12. The summed E-state index contributed by atoms with van der Waals surface area (Å²) in [4.78, 5) is 10.6. The van der Waals surface area contributed by atoms with Crippen molar-refractivity contribution in [2.45, 2.75) is 6.10 Å². The largest absolute Gasteiger partial charge is 0.475 e. The Morgan fingerprint density at radius 1 is 1.17 bits per heavy atom. The summed E-state index contributed by atoms with van der Waals surface area (Å²) in [5.74, 6) is -3.43. The van der Waals surface area contributed by atoms with Gasteiger partial charge in [-0.25, -0.2) is 13.6 Å². The van der Waals surface area contributed by atoms with Crippen LogP contribution in [0.1, 0.15) is 28.0 Å². The molecule has 6 heteroatoms. The monoisotopic (exact) mass is 254 g/mol. The summed E-state index contributed by atoms with van der Waals surface area (Å²) in [5.41, 5.74) is -0.0567. The molecule has 0 saturated heterocycles. The second-order valence-corrected chi connectivity index (χ2v) is 3.61. The van der Waals surface area contributed by atoms with E-state index in [0.717, 1.165) is 18.2 Å². The van der Waals surface area contributed by atoms with E-state index in [1.54, 1.807) is 0 Å². The number of furan rings is 1. The predicted octanol–water partition coefficient (Wildman–Crippen LogP) is 2.34. The van der Waals surface area contributed by atoms with E-state index in [2.05, 4.69) is 0 Å². The van der Waals surface area contributed by atoms with Gasteiger partial charge in [0.1, 0.15) is 23.5 Å². The number of carboxylic acid groups (broad SMARTS) is 1. The molecule has 2 rings (SSSR count). The third-order valence-electron chi connectivity index (χ3n) is 2.31. The zero-order valence-electron chi connectivity index (χ0n) is 8.93. The molecule has 1 aromatic heterocycles. The molecule has 0 fully saturated rings. The Morgan fingerprint density at radius 2 is 1.78 bits per heavy atom. The van der Waals surface area contributed by atoms with Crippen LogP contribution >= 0.6 is 0 Å². The maximum Gasteiger partial charge on any atom is 0.371 e. The number of carbonyl (C=O) groups is 1. The number of halogens is 2. The number of benzene rings is 1. The van der Waals surface area contributed by atoms with E-state index in [-0.39, 0.29) is 17.1 Å². The number of hydrogen-bond donors (Lipinski definition) is 2. The molecule has 0 spiro atoms. The van der Waals surface area contributed by atoms with Gasteiger partial charge in [0.15, 0.2) is 0 Å². The van der Waals surface area contributed by atoms with Crippen LogP contribution in [0.5, 0.6) is 0 Å². The lowest BCUT2D eigenvalue weighted by Gasteiger charge is -2.08. The molecule has 94 valence electrons. The van der Waals surface area contributed by atoms with E-state index in [4.69, 9.17) is 9.52 Å². The van der Waals surface area contributed by atoms with Gasteiger partial charge < -0.3 is 14.6 Å². The van der Waals surface area contributed by atoms with Crippen molar-refractivity contribution in [2.24, 2.45) is 0 Å². The summed E-state index contributed by atoms with van der Waals surface area (Å²) in [5, 5.41) is 18.5. The molecular weight excluding hydrogens is 246 g/mol. The van der Waals surface area contributed by atoms with Crippen LogP contribution in [0, 0.1) is 11.6 Å². The minimum Gasteiger partial charge on any atom is -0.475 e. The minimum atomic E-state index is -1.43. The van der Waals surface area contributed by atoms with Crippen LogP contribution in [0.25, 0.3) is 0 Å². The van der Waals surface area contributed by atoms with Crippen LogP contribution in [0.15, 0.2) is 34.7 Å². The average Bonchev–Trinajstić information content (AvgIpc) is 2.75. The summed E-state index contributed by atoms with van der Waals surface area (Å²) in [6.45, 7) is 0. The third-order valence-corrected chi connectivity index (χ3v) is 2.31. The molecule has 2 aromatic rings. The maximum atomic E-state index is 13.0. The first kappa shape index (κ1) is 12.3. The predicted molar refractivity (Wildman–Crippen MR) is 56.1 cm³/mol. The van der Waals surface area contributed by atoms with Crippen LogP contribution in [-0.4, -0.2) is 16.2 Å². The molecule has 0 aliphatic rings. The van der Waals surface area contributed by atoms with E-state index in [1.807, 2.05) is 0 Å². The van der Waals surface area contributed by atoms with Crippen molar-refractivity contribution in [1.29, 1.82) is 0 Å². The lowest BCUT2D eigenvalue weighted by molar-refractivity contribution is 0.0655. The SMILES string of the molecule is O=C(O)c1ccc(C(O)c2cc(F)cc(F)c2)o1. The van der Waals surface area contributed by atoms with Gasteiger partial charge in [0.25, 0.3) is 0 Å². The van der Waals surface area contributed by atoms with Crippen LogP contribution in [0.4, 0.5) is 8.78 Å². The lowest BCUT2D eigenvalue weighted by atomic mass is 10.1. The Hall–Kier alpha value is -2.21. The van der Waals surface area contributed by atoms with E-state index in [9.17, 15) is 18.7 Å². The molecular formula is C12H8F2O4. The Bertz CT molecular complexity index is 571. The van der Waals surface area contributed by atoms with Crippen molar-refractivity contribution in [3.8, 4) is 0 Å². The van der Waals surface area contributed by atoms with Crippen molar-refractivity contribution in [3.05, 3.63) is 59.1 Å². The first-order chi connectivity index (χ1) is 8.47. The Balaban J connectivity index is 2.34. The molecule has 0 radical (unpaired) electrons. The fourth-order valence-corrected chi connectivity index (χ4v) is 1.51. The second-order valence-electron chi connectivity index (χ2n) is 3.61. The van der Waals surface area contributed by atoms with Gasteiger partial charge in [-0.3, -0.25) is 0 Å². The fraction of sp³-hybridized carbons (Fsp3) is 0.0833. The molecule has 18 heavy (non-hydrogen) atoms. The minimum absolute atomic E-state index is 0.0567. The lowest BCUT2D eigenvalue weighted by Crippen LogP contribution is -2.00. The van der Waals surface area contributed by atoms with Crippen LogP contribution in [-0.2, 0) is 0 Å². The van der Waals surface area contributed by atoms with Crippen molar-refractivity contribution in [1.82, 2.24) is 0 Å². The normalized spacial score (nSPS) is 12.4. The Labute approximate surface area is 100 Å². The highest BCUT2D eigenvalue weighted by molar-refractivity contribution is 5.84. The summed E-state index contributed by atoms with van der Waals surface area (Å²) in [6, 6.07) is 4.93. The quantitative estimate of drug-likeness (QED) is 0.881. The topological polar surface area (TPSA) is 70.7 Å². The first-order valence-corrected chi connectivity index (χ1v) is 4.94. The van der Waals surface area contributed by atoms with Crippen LogP contribution < -0.4 is 0 Å². The van der Waals surface area contributed by atoms with E-state index >= 15 is 0 Å². The summed E-state index contributed by atoms with van der Waals surface area (Å²) in [7, 11) is 0. The molecule has 0 saturated carbocycles. The van der Waals surface area contributed by atoms with Gasteiger partial charge >= 0.3 is 5.97 Å². The highest BCUT2D eigenvalue weighted by Crippen LogP contribution is 2.25. The smallest absolute Gasteiger partial charge is 0.371 e. The van der Waals surface area contributed by atoms with Crippen molar-refractivity contribution >= 4 is 5.97 Å². The van der Waals surface area contributed by atoms with Gasteiger partial charge in [0.05, 0.1) is 0 Å². The Morgan fingerprint density at radius 3 is 2.28 bits per heavy atom. The number of aliphatic hydroxyl groups is 1. The summed E-state index contributed by atoms with van der Waals surface area (Å²) < 4.78 is 30.8. The molecule has 1 atom stereocenters. The zero-order valence-corrected chi connectivity index (χ0v) is 8.93. The number of aromatic carboxylic acids is 1. The second kappa shape index (κ2) is 4.58. The van der Waals surface area contributed by atoms with Gasteiger partial charge in [-0.15, -0.1) is 0 Å². The van der Waals surface area contributed by atoms with E-state index in [1.165, 1.54) is 6.07 Å². The van der Waals surface area contributed by atoms with E-state index < -0.39 is 23.7 Å². The number of carboxylic acids is 1. The summed E-state index contributed by atoms with van der Waals surface area (Å²) >= 11 is 0. The zero-order chi connectivity index (χ0) is 13.3. The van der Waals surface area contributed by atoms with Gasteiger partial charge in [-0.05, 0) is 29.8 Å². The highest BCUT2D eigenvalue weighted by Gasteiger charge is 2.18. The third kappa shape index (κ3) is 2.38. The number of rotatable bonds is 3. The van der Waals surface area contributed by atoms with Gasteiger partial charge in [-0.1, -0.05) is 0 Å². The van der Waals surface area contributed by atoms with Crippen LogP contribution in [0.2, 0.25) is 0 Å². The van der Waals surface area contributed by atoms with Crippen molar-refractivity contribution in [3.63, 3.8) is 0 Å². The molecule has 1 aromatic carbocycles. The molecule has 1 heterocycles.